The molecule has 0 saturated carbocycles. The van der Waals surface area contributed by atoms with E-state index < -0.39 is 0 Å². The molecule has 0 aliphatic rings. The molecule has 0 N–H and O–H groups in total. The second-order valence-corrected chi connectivity index (χ2v) is 4.75. The molecule has 0 amide bonds. The molecule has 2 rings (SSSR count). The lowest BCUT2D eigenvalue weighted by Gasteiger charge is -2.11. The number of para-hydroxylation sites is 1. The minimum Gasteiger partial charge on any atom is -0.241 e. The summed E-state index contributed by atoms with van der Waals surface area (Å²) in [4.78, 5) is 4.60. The van der Waals surface area contributed by atoms with Gasteiger partial charge in [-0.05, 0) is 29.9 Å². The molecule has 2 heteroatoms. The van der Waals surface area contributed by atoms with E-state index in [4.69, 9.17) is 0 Å². The minimum atomic E-state index is 0.545. The first-order chi connectivity index (χ1) is 7.22. The molecule has 0 unspecified atom stereocenters. The lowest BCUT2D eigenvalue weighted by Crippen LogP contribution is -1.93. The SMILES string of the molecule is CSc1cc(C(C)C)c2ccccc2n1. The second kappa shape index (κ2) is 4.23. The Hall–Kier alpha value is -1.02. The van der Waals surface area contributed by atoms with E-state index in [9.17, 15) is 0 Å². The lowest BCUT2D eigenvalue weighted by molar-refractivity contribution is 0.867. The standard InChI is InChI=1S/C13H15NS/c1-9(2)11-8-13(15-3)14-12-7-5-4-6-10(11)12/h4-9H,1-3H3. The van der Waals surface area contributed by atoms with E-state index >= 15 is 0 Å². The Morgan fingerprint density at radius 3 is 2.60 bits per heavy atom. The minimum absolute atomic E-state index is 0.545. The van der Waals surface area contributed by atoms with Gasteiger partial charge in [0.2, 0.25) is 0 Å². The zero-order chi connectivity index (χ0) is 10.8. The highest BCUT2D eigenvalue weighted by Crippen LogP contribution is 2.27. The lowest BCUT2D eigenvalue weighted by atomic mass is 9.99. The highest BCUT2D eigenvalue weighted by atomic mass is 32.2. The van der Waals surface area contributed by atoms with Crippen LogP contribution in [-0.4, -0.2) is 11.2 Å². The molecule has 1 heterocycles. The van der Waals surface area contributed by atoms with Crippen LogP contribution in [0.15, 0.2) is 35.4 Å². The third kappa shape index (κ3) is 2.00. The Morgan fingerprint density at radius 2 is 1.93 bits per heavy atom. The van der Waals surface area contributed by atoms with Crippen LogP contribution in [0.4, 0.5) is 0 Å². The molecular formula is C13H15NS. The van der Waals surface area contributed by atoms with Crippen molar-refractivity contribution in [1.82, 2.24) is 4.98 Å². The molecule has 1 aromatic heterocycles. The molecule has 2 aromatic rings. The maximum absolute atomic E-state index is 4.60. The van der Waals surface area contributed by atoms with E-state index in [-0.39, 0.29) is 0 Å². The van der Waals surface area contributed by atoms with Gasteiger partial charge >= 0.3 is 0 Å². The van der Waals surface area contributed by atoms with Crippen LogP contribution in [0.2, 0.25) is 0 Å². The number of nitrogens with zero attached hydrogens (tertiary/aromatic N) is 1. The normalized spacial score (nSPS) is 11.2. The number of pyridine rings is 1. The van der Waals surface area contributed by atoms with Gasteiger partial charge in [-0.25, -0.2) is 4.98 Å². The van der Waals surface area contributed by atoms with Gasteiger partial charge in [0.05, 0.1) is 10.5 Å². The molecule has 0 bridgehead atoms. The number of benzene rings is 1. The van der Waals surface area contributed by atoms with Crippen LogP contribution in [0, 0.1) is 0 Å². The first-order valence-electron chi connectivity index (χ1n) is 5.16. The van der Waals surface area contributed by atoms with Crippen LogP contribution in [0.25, 0.3) is 10.9 Å². The quantitative estimate of drug-likeness (QED) is 0.703. The average Bonchev–Trinajstić information content (AvgIpc) is 2.27. The molecule has 0 aliphatic carbocycles. The van der Waals surface area contributed by atoms with E-state index in [0.29, 0.717) is 5.92 Å². The molecule has 15 heavy (non-hydrogen) atoms. The Labute approximate surface area is 94.9 Å². The number of thioether (sulfide) groups is 1. The van der Waals surface area contributed by atoms with Gasteiger partial charge in [0.15, 0.2) is 0 Å². The van der Waals surface area contributed by atoms with Crippen molar-refractivity contribution in [3.63, 3.8) is 0 Å². The van der Waals surface area contributed by atoms with Crippen molar-refractivity contribution in [1.29, 1.82) is 0 Å². The predicted octanol–water partition coefficient (Wildman–Crippen LogP) is 4.08. The van der Waals surface area contributed by atoms with Gasteiger partial charge in [-0.2, -0.15) is 0 Å². The van der Waals surface area contributed by atoms with Crippen LogP contribution in [0.5, 0.6) is 0 Å². The first-order valence-corrected chi connectivity index (χ1v) is 6.38. The molecule has 0 aliphatic heterocycles. The highest BCUT2D eigenvalue weighted by molar-refractivity contribution is 7.98. The number of fused-ring (bicyclic) bond motifs is 1. The second-order valence-electron chi connectivity index (χ2n) is 3.93. The predicted molar refractivity (Wildman–Crippen MR) is 67.6 cm³/mol. The van der Waals surface area contributed by atoms with Crippen molar-refractivity contribution in [2.45, 2.75) is 24.8 Å². The summed E-state index contributed by atoms with van der Waals surface area (Å²) in [5, 5.41) is 2.39. The highest BCUT2D eigenvalue weighted by Gasteiger charge is 2.07. The van der Waals surface area contributed by atoms with Gasteiger partial charge in [-0.15, -0.1) is 11.8 Å². The molecule has 0 radical (unpaired) electrons. The van der Waals surface area contributed by atoms with E-state index in [2.05, 4.69) is 49.4 Å². The van der Waals surface area contributed by atoms with Crippen molar-refractivity contribution in [3.05, 3.63) is 35.9 Å². The summed E-state index contributed by atoms with van der Waals surface area (Å²) in [5.74, 6) is 0.545. The van der Waals surface area contributed by atoms with Crippen LogP contribution < -0.4 is 0 Å². The van der Waals surface area contributed by atoms with Gasteiger partial charge < -0.3 is 0 Å². The average molecular weight is 217 g/mol. The Kier molecular flexibility index (Phi) is 2.96. The maximum Gasteiger partial charge on any atom is 0.0967 e. The smallest absolute Gasteiger partial charge is 0.0967 e. The third-order valence-corrected chi connectivity index (χ3v) is 3.18. The fourth-order valence-electron chi connectivity index (χ4n) is 1.76. The van der Waals surface area contributed by atoms with Gasteiger partial charge in [0.1, 0.15) is 0 Å². The van der Waals surface area contributed by atoms with Gasteiger partial charge in [-0.3, -0.25) is 0 Å². The molecule has 78 valence electrons. The topological polar surface area (TPSA) is 12.9 Å². The van der Waals surface area contributed by atoms with Crippen molar-refractivity contribution in [2.75, 3.05) is 6.26 Å². The Morgan fingerprint density at radius 1 is 1.20 bits per heavy atom. The Bertz CT molecular complexity index is 477. The van der Waals surface area contributed by atoms with Gasteiger partial charge in [0.25, 0.3) is 0 Å². The van der Waals surface area contributed by atoms with E-state index in [0.717, 1.165) is 10.5 Å². The van der Waals surface area contributed by atoms with Crippen LogP contribution in [0.1, 0.15) is 25.3 Å². The van der Waals surface area contributed by atoms with Crippen LogP contribution in [0.3, 0.4) is 0 Å². The van der Waals surface area contributed by atoms with Crippen molar-refractivity contribution in [2.24, 2.45) is 0 Å². The van der Waals surface area contributed by atoms with Crippen LogP contribution in [-0.2, 0) is 0 Å². The monoisotopic (exact) mass is 217 g/mol. The summed E-state index contributed by atoms with van der Waals surface area (Å²) in [6, 6.07) is 10.6. The zero-order valence-electron chi connectivity index (χ0n) is 9.32. The fraction of sp³-hybridized carbons (Fsp3) is 0.308. The molecular weight excluding hydrogens is 202 g/mol. The summed E-state index contributed by atoms with van der Waals surface area (Å²) < 4.78 is 0. The molecule has 1 nitrogen and oxygen atoms in total. The Balaban J connectivity index is 2.74. The molecule has 0 fully saturated rings. The summed E-state index contributed by atoms with van der Waals surface area (Å²) in [7, 11) is 0. The number of rotatable bonds is 2. The van der Waals surface area contributed by atoms with E-state index in [1.807, 2.05) is 6.07 Å². The number of aromatic nitrogens is 1. The summed E-state index contributed by atoms with van der Waals surface area (Å²) in [5.41, 5.74) is 2.50. The molecule has 0 atom stereocenters. The number of hydrogen-bond acceptors (Lipinski definition) is 2. The van der Waals surface area contributed by atoms with Crippen LogP contribution >= 0.6 is 11.8 Å². The fourth-order valence-corrected chi connectivity index (χ4v) is 2.19. The van der Waals surface area contributed by atoms with Crippen molar-refractivity contribution in [3.8, 4) is 0 Å². The molecule has 0 saturated heterocycles. The largest absolute Gasteiger partial charge is 0.241 e. The van der Waals surface area contributed by atoms with E-state index in [1.54, 1.807) is 11.8 Å². The van der Waals surface area contributed by atoms with Gasteiger partial charge in [0, 0.05) is 5.39 Å². The third-order valence-electron chi connectivity index (χ3n) is 2.56. The first kappa shape index (κ1) is 10.5. The van der Waals surface area contributed by atoms with Gasteiger partial charge in [-0.1, -0.05) is 32.0 Å². The van der Waals surface area contributed by atoms with E-state index in [1.165, 1.54) is 10.9 Å². The van der Waals surface area contributed by atoms with Crippen molar-refractivity contribution < 1.29 is 0 Å². The zero-order valence-corrected chi connectivity index (χ0v) is 10.1. The summed E-state index contributed by atoms with van der Waals surface area (Å²) in [6.45, 7) is 4.46. The molecule has 1 aromatic carbocycles. The summed E-state index contributed by atoms with van der Waals surface area (Å²) in [6.07, 6.45) is 2.07. The number of hydrogen-bond donors (Lipinski definition) is 0. The van der Waals surface area contributed by atoms with Crippen molar-refractivity contribution >= 4 is 22.7 Å². The molecule has 0 spiro atoms. The maximum atomic E-state index is 4.60. The summed E-state index contributed by atoms with van der Waals surface area (Å²) >= 11 is 1.70.